The van der Waals surface area contributed by atoms with Crippen LogP contribution in [0, 0.1) is 0 Å². The third kappa shape index (κ3) is 3.54. The Hall–Kier alpha value is -0.990. The van der Waals surface area contributed by atoms with Crippen molar-refractivity contribution in [1.29, 1.82) is 0 Å². The summed E-state index contributed by atoms with van der Waals surface area (Å²) in [7, 11) is 0. The highest BCUT2D eigenvalue weighted by Gasteiger charge is 2.08. The average molecular weight is 239 g/mol. The second-order valence-corrected chi connectivity index (χ2v) is 4.57. The van der Waals surface area contributed by atoms with Gasteiger partial charge in [0.05, 0.1) is 10.7 Å². The molecule has 0 bridgehead atoms. The van der Waals surface area contributed by atoms with Gasteiger partial charge in [0.2, 0.25) is 0 Å². The summed E-state index contributed by atoms with van der Waals surface area (Å²) in [5.74, 6) is 0. The van der Waals surface area contributed by atoms with E-state index < -0.39 is 0 Å². The Balaban J connectivity index is 2.77. The topological polar surface area (TPSA) is 29.3 Å². The molecule has 0 atom stereocenters. The third-order valence-electron chi connectivity index (χ3n) is 2.54. The lowest BCUT2D eigenvalue weighted by Crippen LogP contribution is -2.30. The van der Waals surface area contributed by atoms with Gasteiger partial charge in [0.1, 0.15) is 0 Å². The maximum absolute atomic E-state index is 5.89. The fourth-order valence-corrected chi connectivity index (χ4v) is 1.67. The summed E-state index contributed by atoms with van der Waals surface area (Å²) >= 11 is 5.89. The van der Waals surface area contributed by atoms with Crippen molar-refractivity contribution in [2.75, 3.05) is 12.3 Å². The Morgan fingerprint density at radius 3 is 2.69 bits per heavy atom. The molecule has 0 aliphatic rings. The van der Waals surface area contributed by atoms with Gasteiger partial charge < -0.3 is 5.73 Å². The SMILES string of the molecule is C=CCN(Cc1ccc(Cl)c(N)c1)C(C)C. The summed E-state index contributed by atoms with van der Waals surface area (Å²) < 4.78 is 0. The van der Waals surface area contributed by atoms with Gasteiger partial charge in [-0.2, -0.15) is 0 Å². The van der Waals surface area contributed by atoms with Gasteiger partial charge in [-0.15, -0.1) is 6.58 Å². The highest BCUT2D eigenvalue weighted by molar-refractivity contribution is 6.33. The number of rotatable bonds is 5. The van der Waals surface area contributed by atoms with E-state index in [-0.39, 0.29) is 0 Å². The van der Waals surface area contributed by atoms with E-state index in [1.807, 2.05) is 24.3 Å². The number of benzene rings is 1. The molecule has 88 valence electrons. The van der Waals surface area contributed by atoms with Crippen molar-refractivity contribution < 1.29 is 0 Å². The Morgan fingerprint density at radius 2 is 2.19 bits per heavy atom. The number of anilines is 1. The minimum atomic E-state index is 0.481. The molecule has 0 spiro atoms. The van der Waals surface area contributed by atoms with Gasteiger partial charge in [-0.05, 0) is 31.5 Å². The van der Waals surface area contributed by atoms with Gasteiger partial charge in [-0.3, -0.25) is 4.90 Å². The molecule has 2 N–H and O–H groups in total. The first-order valence-corrected chi connectivity index (χ1v) is 5.81. The molecular formula is C13H19ClN2. The maximum atomic E-state index is 5.89. The Kier molecular flexibility index (Phi) is 4.84. The minimum absolute atomic E-state index is 0.481. The lowest BCUT2D eigenvalue weighted by atomic mass is 10.1. The van der Waals surface area contributed by atoms with Gasteiger partial charge in [0.15, 0.2) is 0 Å². The van der Waals surface area contributed by atoms with Crippen molar-refractivity contribution in [3.63, 3.8) is 0 Å². The summed E-state index contributed by atoms with van der Waals surface area (Å²) in [6.45, 7) is 9.85. The second kappa shape index (κ2) is 5.92. The predicted molar refractivity (Wildman–Crippen MR) is 71.6 cm³/mol. The molecule has 3 heteroatoms. The lowest BCUT2D eigenvalue weighted by molar-refractivity contribution is 0.237. The fourth-order valence-electron chi connectivity index (χ4n) is 1.55. The highest BCUT2D eigenvalue weighted by atomic mass is 35.5. The molecule has 0 aromatic heterocycles. The van der Waals surface area contributed by atoms with Gasteiger partial charge in [0.25, 0.3) is 0 Å². The molecule has 1 aromatic rings. The third-order valence-corrected chi connectivity index (χ3v) is 2.88. The summed E-state index contributed by atoms with van der Waals surface area (Å²) in [5, 5.41) is 0.614. The van der Waals surface area contributed by atoms with E-state index in [2.05, 4.69) is 25.3 Å². The summed E-state index contributed by atoms with van der Waals surface area (Å²) in [4.78, 5) is 2.32. The summed E-state index contributed by atoms with van der Waals surface area (Å²) in [6.07, 6.45) is 1.92. The molecule has 0 aliphatic heterocycles. The normalized spacial score (nSPS) is 11.1. The first-order chi connectivity index (χ1) is 7.54. The molecular weight excluding hydrogens is 220 g/mol. The van der Waals surface area contributed by atoms with Crippen LogP contribution in [0.1, 0.15) is 19.4 Å². The minimum Gasteiger partial charge on any atom is -0.398 e. The van der Waals surface area contributed by atoms with E-state index in [1.165, 1.54) is 5.56 Å². The van der Waals surface area contributed by atoms with Crippen molar-refractivity contribution in [2.24, 2.45) is 0 Å². The van der Waals surface area contributed by atoms with Crippen LogP contribution in [0.2, 0.25) is 5.02 Å². The number of hydrogen-bond donors (Lipinski definition) is 1. The zero-order chi connectivity index (χ0) is 12.1. The molecule has 0 unspecified atom stereocenters. The molecule has 16 heavy (non-hydrogen) atoms. The van der Waals surface area contributed by atoms with Crippen LogP contribution in [0.25, 0.3) is 0 Å². The molecule has 0 radical (unpaired) electrons. The zero-order valence-electron chi connectivity index (χ0n) is 9.91. The van der Waals surface area contributed by atoms with E-state index in [9.17, 15) is 0 Å². The average Bonchev–Trinajstić information content (AvgIpc) is 2.22. The van der Waals surface area contributed by atoms with Crippen molar-refractivity contribution >= 4 is 17.3 Å². The zero-order valence-corrected chi connectivity index (χ0v) is 10.7. The van der Waals surface area contributed by atoms with Gasteiger partial charge in [0, 0.05) is 19.1 Å². The Bertz CT molecular complexity index is 361. The van der Waals surface area contributed by atoms with Crippen LogP contribution in [-0.2, 0) is 6.54 Å². The molecule has 0 fully saturated rings. The van der Waals surface area contributed by atoms with E-state index in [0.29, 0.717) is 16.8 Å². The van der Waals surface area contributed by atoms with Crippen molar-refractivity contribution in [1.82, 2.24) is 4.90 Å². The number of nitrogens with two attached hydrogens (primary N) is 1. The van der Waals surface area contributed by atoms with E-state index >= 15 is 0 Å². The van der Waals surface area contributed by atoms with E-state index in [0.717, 1.165) is 13.1 Å². The highest BCUT2D eigenvalue weighted by Crippen LogP contribution is 2.20. The van der Waals surface area contributed by atoms with Crippen LogP contribution in [0.15, 0.2) is 30.9 Å². The molecule has 1 rings (SSSR count). The Labute approximate surface area is 103 Å². The standard InChI is InChI=1S/C13H19ClN2/c1-4-7-16(10(2)3)9-11-5-6-12(14)13(15)8-11/h4-6,8,10H,1,7,9,15H2,2-3H3. The van der Waals surface area contributed by atoms with Gasteiger partial charge in [-0.1, -0.05) is 23.7 Å². The number of halogens is 1. The molecule has 0 saturated carbocycles. The number of hydrogen-bond acceptors (Lipinski definition) is 2. The van der Waals surface area contributed by atoms with Gasteiger partial charge >= 0.3 is 0 Å². The molecule has 2 nitrogen and oxygen atoms in total. The quantitative estimate of drug-likeness (QED) is 0.630. The molecule has 0 saturated heterocycles. The van der Waals surface area contributed by atoms with Crippen molar-refractivity contribution in [3.8, 4) is 0 Å². The first kappa shape index (κ1) is 13.1. The van der Waals surface area contributed by atoms with E-state index in [4.69, 9.17) is 17.3 Å². The predicted octanol–water partition coefficient (Wildman–Crippen LogP) is 3.32. The molecule has 0 heterocycles. The van der Waals surface area contributed by atoms with Crippen molar-refractivity contribution in [3.05, 3.63) is 41.4 Å². The second-order valence-electron chi connectivity index (χ2n) is 4.17. The van der Waals surface area contributed by atoms with Crippen LogP contribution < -0.4 is 5.73 Å². The van der Waals surface area contributed by atoms with Crippen LogP contribution in [0.3, 0.4) is 0 Å². The summed E-state index contributed by atoms with van der Waals surface area (Å²) in [5.41, 5.74) is 7.59. The Morgan fingerprint density at radius 1 is 1.50 bits per heavy atom. The molecule has 0 amide bonds. The fraction of sp³-hybridized carbons (Fsp3) is 0.385. The van der Waals surface area contributed by atoms with Gasteiger partial charge in [-0.25, -0.2) is 0 Å². The number of nitrogens with zero attached hydrogens (tertiary/aromatic N) is 1. The van der Waals surface area contributed by atoms with E-state index in [1.54, 1.807) is 0 Å². The number of nitrogen functional groups attached to an aromatic ring is 1. The lowest BCUT2D eigenvalue weighted by Gasteiger charge is -2.25. The molecule has 0 aliphatic carbocycles. The van der Waals surface area contributed by atoms with Crippen LogP contribution >= 0.6 is 11.6 Å². The maximum Gasteiger partial charge on any atom is 0.0635 e. The van der Waals surface area contributed by atoms with Crippen LogP contribution in [0.5, 0.6) is 0 Å². The van der Waals surface area contributed by atoms with Crippen molar-refractivity contribution in [2.45, 2.75) is 26.4 Å². The summed E-state index contributed by atoms with van der Waals surface area (Å²) in [6, 6.07) is 6.27. The van der Waals surface area contributed by atoms with Crippen LogP contribution in [0.4, 0.5) is 5.69 Å². The monoisotopic (exact) mass is 238 g/mol. The van der Waals surface area contributed by atoms with Crippen LogP contribution in [-0.4, -0.2) is 17.5 Å². The molecule has 1 aromatic carbocycles. The largest absolute Gasteiger partial charge is 0.398 e. The smallest absolute Gasteiger partial charge is 0.0635 e. The first-order valence-electron chi connectivity index (χ1n) is 5.43.